The number of aryl methyl sites for hydroxylation is 2. The van der Waals surface area contributed by atoms with Crippen LogP contribution in [0.1, 0.15) is 37.0 Å². The minimum Gasteiger partial charge on any atom is -0.493 e. The van der Waals surface area contributed by atoms with E-state index in [1.807, 2.05) is 45.9 Å². The van der Waals surface area contributed by atoms with Gasteiger partial charge in [0, 0.05) is 18.8 Å². The summed E-state index contributed by atoms with van der Waals surface area (Å²) >= 11 is 2.05. The summed E-state index contributed by atoms with van der Waals surface area (Å²) in [6.07, 6.45) is 2.09. The highest BCUT2D eigenvalue weighted by molar-refractivity contribution is 14.1. The van der Waals surface area contributed by atoms with E-state index >= 15 is 0 Å². The standard InChI is InChI=1S/C26H33IN4O6/c1-16(2)36-10-6-9-28-25(33)26(34)31-29-14-19-12-21(27)24(22(13-19)35-5)37-15-23(32)30-20-8-7-17(3)18(4)11-20/h7-8,11-14,16H,6,9-10,15H2,1-5H3,(H,28,33)(H,30,32)(H,31,34)/b29-14-. The number of methoxy groups -OCH3 is 1. The fraction of sp³-hybridized carbons (Fsp3) is 0.385. The summed E-state index contributed by atoms with van der Waals surface area (Å²) in [5.74, 6) is -1.17. The minimum atomic E-state index is -0.877. The average Bonchev–Trinajstić information content (AvgIpc) is 2.84. The predicted molar refractivity (Wildman–Crippen MR) is 150 cm³/mol. The summed E-state index contributed by atoms with van der Waals surface area (Å²) in [5.41, 5.74) is 5.71. The molecular weight excluding hydrogens is 591 g/mol. The molecule has 37 heavy (non-hydrogen) atoms. The molecule has 0 atom stereocenters. The zero-order valence-corrected chi connectivity index (χ0v) is 23.8. The Hall–Kier alpha value is -3.19. The molecule has 2 rings (SSSR count). The summed E-state index contributed by atoms with van der Waals surface area (Å²) in [4.78, 5) is 36.1. The number of rotatable bonds is 12. The molecule has 0 radical (unpaired) electrons. The molecule has 0 heterocycles. The average molecular weight is 624 g/mol. The number of nitrogens with zero attached hydrogens (tertiary/aromatic N) is 1. The van der Waals surface area contributed by atoms with Crippen LogP contribution < -0.4 is 25.5 Å². The number of hydrogen-bond acceptors (Lipinski definition) is 7. The highest BCUT2D eigenvalue weighted by Crippen LogP contribution is 2.33. The topological polar surface area (TPSA) is 127 Å². The van der Waals surface area contributed by atoms with Crippen LogP contribution >= 0.6 is 22.6 Å². The van der Waals surface area contributed by atoms with E-state index < -0.39 is 11.8 Å². The first-order valence-electron chi connectivity index (χ1n) is 11.7. The third kappa shape index (κ3) is 10.4. The van der Waals surface area contributed by atoms with Gasteiger partial charge in [0.25, 0.3) is 5.91 Å². The third-order valence-electron chi connectivity index (χ3n) is 5.03. The van der Waals surface area contributed by atoms with E-state index in [1.165, 1.54) is 13.3 Å². The van der Waals surface area contributed by atoms with Crippen LogP contribution in [0.15, 0.2) is 35.4 Å². The lowest BCUT2D eigenvalue weighted by atomic mass is 10.1. The van der Waals surface area contributed by atoms with Gasteiger partial charge in [0.05, 0.1) is 23.0 Å². The molecule has 3 N–H and O–H groups in total. The Morgan fingerprint density at radius 2 is 1.84 bits per heavy atom. The molecular formula is C26H33IN4O6. The molecule has 0 aliphatic heterocycles. The second kappa shape index (κ2) is 15.2. The van der Waals surface area contributed by atoms with Crippen molar-refractivity contribution in [3.8, 4) is 11.5 Å². The lowest BCUT2D eigenvalue weighted by Crippen LogP contribution is -2.38. The molecule has 10 nitrogen and oxygen atoms in total. The summed E-state index contributed by atoms with van der Waals surface area (Å²) < 4.78 is 17.2. The quantitative estimate of drug-likeness (QED) is 0.109. The molecule has 3 amide bonds. The van der Waals surface area contributed by atoms with Gasteiger partial charge in [0.2, 0.25) is 0 Å². The Kier molecular flexibility index (Phi) is 12.3. The number of hydrogen-bond donors (Lipinski definition) is 3. The van der Waals surface area contributed by atoms with Gasteiger partial charge in [-0.1, -0.05) is 6.07 Å². The number of nitrogens with one attached hydrogen (secondary N) is 3. The third-order valence-corrected chi connectivity index (χ3v) is 5.84. The summed E-state index contributed by atoms with van der Waals surface area (Å²) in [5, 5.41) is 9.16. The number of amides is 3. The molecule has 0 unspecified atom stereocenters. The van der Waals surface area contributed by atoms with Crippen LogP contribution in [0.5, 0.6) is 11.5 Å². The van der Waals surface area contributed by atoms with Crippen LogP contribution in [0.2, 0.25) is 0 Å². The van der Waals surface area contributed by atoms with Crippen molar-refractivity contribution in [1.29, 1.82) is 0 Å². The van der Waals surface area contributed by atoms with Crippen LogP contribution in [0.3, 0.4) is 0 Å². The van der Waals surface area contributed by atoms with Crippen molar-refractivity contribution in [2.75, 3.05) is 32.2 Å². The van der Waals surface area contributed by atoms with Crippen molar-refractivity contribution >= 4 is 52.2 Å². The number of halogens is 1. The van der Waals surface area contributed by atoms with Crippen LogP contribution in [0.25, 0.3) is 0 Å². The SMILES string of the molecule is COc1cc(/C=N\NC(=O)C(=O)NCCCOC(C)C)cc(I)c1OCC(=O)Nc1ccc(C)c(C)c1. The minimum absolute atomic E-state index is 0.114. The maximum atomic E-state index is 12.4. The van der Waals surface area contributed by atoms with Crippen molar-refractivity contribution < 1.29 is 28.6 Å². The molecule has 2 aromatic carbocycles. The fourth-order valence-electron chi connectivity index (χ4n) is 3.00. The highest BCUT2D eigenvalue weighted by Gasteiger charge is 2.14. The second-order valence-corrected chi connectivity index (χ2v) is 9.56. The van der Waals surface area contributed by atoms with Crippen molar-refractivity contribution in [2.24, 2.45) is 5.10 Å². The maximum absolute atomic E-state index is 12.4. The molecule has 0 saturated heterocycles. The lowest BCUT2D eigenvalue weighted by Gasteiger charge is -2.14. The Morgan fingerprint density at radius 1 is 1.08 bits per heavy atom. The predicted octanol–water partition coefficient (Wildman–Crippen LogP) is 3.32. The van der Waals surface area contributed by atoms with E-state index in [4.69, 9.17) is 14.2 Å². The molecule has 0 aromatic heterocycles. The second-order valence-electron chi connectivity index (χ2n) is 8.40. The molecule has 2 aromatic rings. The molecule has 11 heteroatoms. The monoisotopic (exact) mass is 624 g/mol. The zero-order chi connectivity index (χ0) is 27.4. The van der Waals surface area contributed by atoms with Crippen molar-refractivity contribution in [3.05, 3.63) is 50.6 Å². The van der Waals surface area contributed by atoms with Gasteiger partial charge in [-0.15, -0.1) is 0 Å². The van der Waals surface area contributed by atoms with Crippen molar-refractivity contribution in [3.63, 3.8) is 0 Å². The molecule has 200 valence electrons. The van der Waals surface area contributed by atoms with Crippen LogP contribution in [0, 0.1) is 17.4 Å². The van der Waals surface area contributed by atoms with E-state index in [0.29, 0.717) is 45.9 Å². The van der Waals surface area contributed by atoms with E-state index in [2.05, 4.69) is 43.8 Å². The van der Waals surface area contributed by atoms with Gasteiger partial charge < -0.3 is 24.8 Å². The van der Waals surface area contributed by atoms with E-state index in [-0.39, 0.29) is 18.6 Å². The van der Waals surface area contributed by atoms with Crippen molar-refractivity contribution in [2.45, 2.75) is 40.2 Å². The number of hydrazone groups is 1. The molecule has 0 aliphatic carbocycles. The normalized spacial score (nSPS) is 10.9. The van der Waals surface area contributed by atoms with Gasteiger partial charge in [0.15, 0.2) is 18.1 Å². The summed E-state index contributed by atoms with van der Waals surface area (Å²) in [6.45, 7) is 8.44. The van der Waals surface area contributed by atoms with Gasteiger partial charge in [-0.05, 0) is 97.7 Å². The zero-order valence-electron chi connectivity index (χ0n) is 21.6. The molecule has 0 spiro atoms. The molecule has 0 saturated carbocycles. The maximum Gasteiger partial charge on any atom is 0.329 e. The van der Waals surface area contributed by atoms with Crippen LogP contribution in [-0.4, -0.2) is 56.9 Å². The first kappa shape index (κ1) is 30.0. The number of anilines is 1. The number of benzene rings is 2. The largest absolute Gasteiger partial charge is 0.493 e. The lowest BCUT2D eigenvalue weighted by molar-refractivity contribution is -0.139. The first-order chi connectivity index (χ1) is 17.6. The Morgan fingerprint density at radius 3 is 2.51 bits per heavy atom. The fourth-order valence-corrected chi connectivity index (χ4v) is 3.78. The smallest absolute Gasteiger partial charge is 0.329 e. The van der Waals surface area contributed by atoms with E-state index in [1.54, 1.807) is 12.1 Å². The highest BCUT2D eigenvalue weighted by atomic mass is 127. The number of carbonyl (C=O) groups is 3. The Balaban J connectivity index is 1.89. The van der Waals surface area contributed by atoms with E-state index in [9.17, 15) is 14.4 Å². The van der Waals surface area contributed by atoms with Gasteiger partial charge in [-0.3, -0.25) is 14.4 Å². The first-order valence-corrected chi connectivity index (χ1v) is 12.8. The van der Waals surface area contributed by atoms with Gasteiger partial charge in [-0.2, -0.15) is 5.10 Å². The molecule has 0 fully saturated rings. The van der Waals surface area contributed by atoms with E-state index in [0.717, 1.165) is 11.1 Å². The number of carbonyl (C=O) groups excluding carboxylic acids is 3. The van der Waals surface area contributed by atoms with Crippen LogP contribution in [-0.2, 0) is 19.1 Å². The summed E-state index contributed by atoms with van der Waals surface area (Å²) in [6, 6.07) is 9.06. The van der Waals surface area contributed by atoms with Gasteiger partial charge in [0.1, 0.15) is 0 Å². The van der Waals surface area contributed by atoms with Crippen molar-refractivity contribution in [1.82, 2.24) is 10.7 Å². The Bertz CT molecular complexity index is 1140. The molecule has 0 aliphatic rings. The number of ether oxygens (including phenoxy) is 3. The Labute approximate surface area is 230 Å². The van der Waals surface area contributed by atoms with Gasteiger partial charge >= 0.3 is 11.8 Å². The van der Waals surface area contributed by atoms with Gasteiger partial charge in [-0.25, -0.2) is 5.43 Å². The molecule has 0 bridgehead atoms. The van der Waals surface area contributed by atoms with Crippen LogP contribution in [0.4, 0.5) is 5.69 Å². The summed E-state index contributed by atoms with van der Waals surface area (Å²) in [7, 11) is 1.48.